The van der Waals surface area contributed by atoms with Crippen molar-refractivity contribution in [1.82, 2.24) is 14.5 Å². The van der Waals surface area contributed by atoms with Gasteiger partial charge in [0, 0.05) is 37.4 Å². The Morgan fingerprint density at radius 2 is 2.12 bits per heavy atom. The number of rotatable bonds is 6. The molecule has 4 heteroatoms. The van der Waals surface area contributed by atoms with Gasteiger partial charge in [0.25, 0.3) is 0 Å². The van der Waals surface area contributed by atoms with Gasteiger partial charge in [-0.05, 0) is 20.0 Å². The van der Waals surface area contributed by atoms with Gasteiger partial charge in [0.15, 0.2) is 0 Å². The number of aromatic nitrogens is 2. The summed E-state index contributed by atoms with van der Waals surface area (Å²) in [5.74, 6) is 0.962. The van der Waals surface area contributed by atoms with Crippen LogP contribution >= 0.6 is 0 Å². The highest BCUT2D eigenvalue weighted by Gasteiger charge is 2.17. The van der Waals surface area contributed by atoms with E-state index in [1.807, 2.05) is 12.5 Å². The van der Waals surface area contributed by atoms with Crippen molar-refractivity contribution < 1.29 is 0 Å². The zero-order valence-corrected chi connectivity index (χ0v) is 10.8. The van der Waals surface area contributed by atoms with Gasteiger partial charge in [0.1, 0.15) is 0 Å². The summed E-state index contributed by atoms with van der Waals surface area (Å²) in [5.41, 5.74) is 7.10. The van der Waals surface area contributed by atoms with Crippen LogP contribution in [0.15, 0.2) is 12.5 Å². The molecule has 1 unspecified atom stereocenters. The van der Waals surface area contributed by atoms with Gasteiger partial charge in [-0.2, -0.15) is 0 Å². The topological polar surface area (TPSA) is 47.1 Å². The number of nitrogens with two attached hydrogens (primary N) is 1. The second-order valence-corrected chi connectivity index (χ2v) is 4.90. The average molecular weight is 224 g/mol. The Labute approximate surface area is 98.5 Å². The Morgan fingerprint density at radius 3 is 2.62 bits per heavy atom. The summed E-state index contributed by atoms with van der Waals surface area (Å²) >= 11 is 0. The first-order chi connectivity index (χ1) is 7.56. The third-order valence-corrected chi connectivity index (χ3v) is 2.97. The first kappa shape index (κ1) is 13.2. The standard InChI is InChI=1S/C12H24N4/c1-10(2)11(7-13)12-8-14-9-16(12)6-5-15(3)4/h8-11H,5-7,13H2,1-4H3. The zero-order chi connectivity index (χ0) is 12.1. The van der Waals surface area contributed by atoms with Crippen molar-refractivity contribution in [1.29, 1.82) is 0 Å². The summed E-state index contributed by atoms with van der Waals surface area (Å²) in [4.78, 5) is 6.42. The van der Waals surface area contributed by atoms with Crippen molar-refractivity contribution >= 4 is 0 Å². The first-order valence-electron chi connectivity index (χ1n) is 5.91. The minimum atomic E-state index is 0.407. The van der Waals surface area contributed by atoms with Crippen molar-refractivity contribution in [3.05, 3.63) is 18.2 Å². The maximum atomic E-state index is 5.84. The van der Waals surface area contributed by atoms with Crippen molar-refractivity contribution in [2.45, 2.75) is 26.3 Å². The van der Waals surface area contributed by atoms with Crippen LogP contribution in [0.1, 0.15) is 25.5 Å². The van der Waals surface area contributed by atoms with E-state index in [1.165, 1.54) is 5.69 Å². The lowest BCUT2D eigenvalue weighted by Crippen LogP contribution is -2.24. The third-order valence-electron chi connectivity index (χ3n) is 2.97. The fraction of sp³-hybridized carbons (Fsp3) is 0.750. The van der Waals surface area contributed by atoms with Crippen LogP contribution < -0.4 is 5.73 Å². The third kappa shape index (κ3) is 3.32. The Bertz CT molecular complexity index is 304. The number of nitrogens with zero attached hydrogens (tertiary/aromatic N) is 3. The molecule has 0 aliphatic heterocycles. The lowest BCUT2D eigenvalue weighted by molar-refractivity contribution is 0.373. The van der Waals surface area contributed by atoms with Gasteiger partial charge in [-0.15, -0.1) is 0 Å². The molecule has 1 aromatic heterocycles. The molecule has 0 aromatic carbocycles. The molecule has 0 aliphatic carbocycles. The highest BCUT2D eigenvalue weighted by Crippen LogP contribution is 2.22. The van der Waals surface area contributed by atoms with E-state index in [0.717, 1.165) is 13.1 Å². The van der Waals surface area contributed by atoms with Crippen molar-refractivity contribution in [3.63, 3.8) is 0 Å². The van der Waals surface area contributed by atoms with E-state index in [2.05, 4.69) is 42.4 Å². The average Bonchev–Trinajstić information content (AvgIpc) is 2.63. The smallest absolute Gasteiger partial charge is 0.0948 e. The minimum Gasteiger partial charge on any atom is -0.333 e. The minimum absolute atomic E-state index is 0.407. The van der Waals surface area contributed by atoms with Crippen molar-refractivity contribution in [3.8, 4) is 0 Å². The highest BCUT2D eigenvalue weighted by atomic mass is 15.1. The van der Waals surface area contributed by atoms with Gasteiger partial charge in [-0.3, -0.25) is 0 Å². The number of hydrogen-bond donors (Lipinski definition) is 1. The van der Waals surface area contributed by atoms with Crippen LogP contribution in [0.5, 0.6) is 0 Å². The maximum absolute atomic E-state index is 5.84. The van der Waals surface area contributed by atoms with Crippen LogP contribution in [0.2, 0.25) is 0 Å². The van der Waals surface area contributed by atoms with E-state index >= 15 is 0 Å². The molecule has 1 aromatic rings. The van der Waals surface area contributed by atoms with E-state index in [9.17, 15) is 0 Å². The summed E-state index contributed by atoms with van der Waals surface area (Å²) < 4.78 is 2.22. The highest BCUT2D eigenvalue weighted by molar-refractivity contribution is 5.08. The molecule has 1 rings (SSSR count). The fourth-order valence-electron chi connectivity index (χ4n) is 1.87. The molecule has 2 N–H and O–H groups in total. The molecule has 0 radical (unpaired) electrons. The second kappa shape index (κ2) is 6.01. The van der Waals surface area contributed by atoms with E-state index in [4.69, 9.17) is 5.73 Å². The molecule has 0 spiro atoms. The molecular formula is C12H24N4. The van der Waals surface area contributed by atoms with Gasteiger partial charge in [-0.25, -0.2) is 4.98 Å². The van der Waals surface area contributed by atoms with Crippen LogP contribution in [0.3, 0.4) is 0 Å². The van der Waals surface area contributed by atoms with E-state index < -0.39 is 0 Å². The number of hydrogen-bond acceptors (Lipinski definition) is 3. The molecule has 4 nitrogen and oxygen atoms in total. The van der Waals surface area contributed by atoms with Crippen LogP contribution in [-0.2, 0) is 6.54 Å². The summed E-state index contributed by atoms with van der Waals surface area (Å²) in [6.45, 7) is 7.11. The monoisotopic (exact) mass is 224 g/mol. The lowest BCUT2D eigenvalue weighted by atomic mass is 9.93. The summed E-state index contributed by atoms with van der Waals surface area (Å²) in [6, 6.07) is 0. The summed E-state index contributed by atoms with van der Waals surface area (Å²) in [6.07, 6.45) is 3.86. The Morgan fingerprint density at radius 1 is 1.44 bits per heavy atom. The fourth-order valence-corrected chi connectivity index (χ4v) is 1.87. The number of imidazole rings is 1. The van der Waals surface area contributed by atoms with E-state index in [0.29, 0.717) is 18.4 Å². The molecular weight excluding hydrogens is 200 g/mol. The molecule has 0 aliphatic rings. The van der Waals surface area contributed by atoms with Gasteiger partial charge in [0.2, 0.25) is 0 Å². The van der Waals surface area contributed by atoms with Crippen molar-refractivity contribution in [2.24, 2.45) is 11.7 Å². The summed E-state index contributed by atoms with van der Waals surface area (Å²) in [7, 11) is 4.17. The predicted octanol–water partition coefficient (Wildman–Crippen LogP) is 1.14. The van der Waals surface area contributed by atoms with Crippen LogP contribution in [0, 0.1) is 5.92 Å². The van der Waals surface area contributed by atoms with Gasteiger partial charge >= 0.3 is 0 Å². The quantitative estimate of drug-likeness (QED) is 0.788. The molecule has 0 bridgehead atoms. The SMILES string of the molecule is CC(C)C(CN)c1cncn1CCN(C)C. The Hall–Kier alpha value is -0.870. The summed E-state index contributed by atoms with van der Waals surface area (Å²) in [5, 5.41) is 0. The molecule has 0 saturated carbocycles. The molecule has 16 heavy (non-hydrogen) atoms. The first-order valence-corrected chi connectivity index (χ1v) is 5.91. The van der Waals surface area contributed by atoms with E-state index in [-0.39, 0.29) is 0 Å². The van der Waals surface area contributed by atoms with E-state index in [1.54, 1.807) is 0 Å². The molecule has 0 amide bonds. The van der Waals surface area contributed by atoms with Crippen LogP contribution in [0.4, 0.5) is 0 Å². The number of likely N-dealkylation sites (N-methyl/N-ethyl adjacent to an activating group) is 1. The van der Waals surface area contributed by atoms with Gasteiger partial charge < -0.3 is 15.2 Å². The largest absolute Gasteiger partial charge is 0.333 e. The lowest BCUT2D eigenvalue weighted by Gasteiger charge is -2.21. The molecule has 1 heterocycles. The molecule has 0 fully saturated rings. The zero-order valence-electron chi connectivity index (χ0n) is 10.8. The Balaban J connectivity index is 2.76. The normalized spacial score (nSPS) is 13.7. The van der Waals surface area contributed by atoms with Gasteiger partial charge in [0.05, 0.1) is 6.33 Å². The molecule has 92 valence electrons. The predicted molar refractivity (Wildman–Crippen MR) is 67.4 cm³/mol. The van der Waals surface area contributed by atoms with Crippen LogP contribution in [-0.4, -0.2) is 41.6 Å². The Kier molecular flexibility index (Phi) is 4.96. The molecule has 0 saturated heterocycles. The van der Waals surface area contributed by atoms with Crippen molar-refractivity contribution in [2.75, 3.05) is 27.2 Å². The second-order valence-electron chi connectivity index (χ2n) is 4.90. The van der Waals surface area contributed by atoms with Gasteiger partial charge in [-0.1, -0.05) is 13.8 Å². The maximum Gasteiger partial charge on any atom is 0.0948 e. The molecule has 1 atom stereocenters. The van der Waals surface area contributed by atoms with Crippen LogP contribution in [0.25, 0.3) is 0 Å².